The first-order valence-corrected chi connectivity index (χ1v) is 6.14. The van der Waals surface area contributed by atoms with Crippen LogP contribution in [0.15, 0.2) is 61.7 Å². The highest BCUT2D eigenvalue weighted by atomic mass is 16.5. The topological polar surface area (TPSA) is 70.3 Å². The van der Waals surface area contributed by atoms with Gasteiger partial charge in [-0.15, -0.1) is 0 Å². The van der Waals surface area contributed by atoms with Crippen LogP contribution in [-0.2, 0) is 9.53 Å². The lowest BCUT2D eigenvalue weighted by molar-refractivity contribution is -0.139. The molecule has 0 amide bonds. The fourth-order valence-corrected chi connectivity index (χ4v) is 0.851. The van der Waals surface area contributed by atoms with Crippen molar-refractivity contribution in [3.8, 4) is 6.07 Å². The maximum absolute atomic E-state index is 10.5. The molecule has 0 fully saturated rings. The number of hydrogen-bond acceptors (Lipinski definition) is 4. The SMILES string of the molecule is C=C(C)C(=O)OCCO.C=CC#N.C=Cc1ccccc1. The Kier molecular flexibility index (Phi) is 15.2. The molecular weight excluding hydrogens is 266 g/mol. The van der Waals surface area contributed by atoms with E-state index in [1.807, 2.05) is 36.4 Å². The number of benzene rings is 1. The van der Waals surface area contributed by atoms with Crippen LogP contribution in [0.3, 0.4) is 0 Å². The van der Waals surface area contributed by atoms with Crippen LogP contribution in [0.25, 0.3) is 6.08 Å². The molecule has 21 heavy (non-hydrogen) atoms. The number of nitriles is 1. The van der Waals surface area contributed by atoms with Gasteiger partial charge in [-0.3, -0.25) is 0 Å². The second-order valence-corrected chi connectivity index (χ2v) is 3.59. The average molecular weight is 287 g/mol. The molecule has 0 atom stereocenters. The number of aliphatic hydroxyl groups excluding tert-OH is 1. The Balaban J connectivity index is 0. The normalized spacial score (nSPS) is 7.67. The van der Waals surface area contributed by atoms with Gasteiger partial charge in [-0.25, -0.2) is 4.79 Å². The van der Waals surface area contributed by atoms with Gasteiger partial charge in [0.1, 0.15) is 6.61 Å². The maximum atomic E-state index is 10.5. The van der Waals surface area contributed by atoms with Gasteiger partial charge >= 0.3 is 5.97 Å². The Morgan fingerprint density at radius 2 is 1.90 bits per heavy atom. The van der Waals surface area contributed by atoms with Gasteiger partial charge in [-0.2, -0.15) is 5.26 Å². The smallest absolute Gasteiger partial charge is 0.333 e. The summed E-state index contributed by atoms with van der Waals surface area (Å²) in [5, 5.41) is 15.7. The number of nitrogens with zero attached hydrogens (tertiary/aromatic N) is 1. The third-order valence-electron chi connectivity index (χ3n) is 1.80. The standard InChI is InChI=1S/C8H8.C6H10O3.C3H3N/c1-2-8-6-4-3-5-7-8;1-5(2)6(8)9-4-3-7;1-2-3-4/h2-7H,1H2;7H,1,3-4H2,2H3;2H,1H2. The molecule has 112 valence electrons. The molecule has 1 rings (SSSR count). The van der Waals surface area contributed by atoms with Crippen molar-refractivity contribution in [2.75, 3.05) is 13.2 Å². The minimum Gasteiger partial charge on any atom is -0.460 e. The highest BCUT2D eigenvalue weighted by molar-refractivity contribution is 5.86. The first-order chi connectivity index (χ1) is 10.0. The number of carbonyl (C=O) groups is 1. The van der Waals surface area contributed by atoms with Crippen molar-refractivity contribution in [1.82, 2.24) is 0 Å². The van der Waals surface area contributed by atoms with Crippen LogP contribution < -0.4 is 0 Å². The molecule has 0 heterocycles. The van der Waals surface area contributed by atoms with Gasteiger partial charge in [0.2, 0.25) is 0 Å². The highest BCUT2D eigenvalue weighted by Crippen LogP contribution is 1.97. The van der Waals surface area contributed by atoms with E-state index in [0.29, 0.717) is 5.57 Å². The van der Waals surface area contributed by atoms with Gasteiger partial charge in [-0.05, 0) is 12.5 Å². The van der Waals surface area contributed by atoms with Crippen molar-refractivity contribution in [1.29, 1.82) is 5.26 Å². The Hall–Kier alpha value is -2.64. The lowest BCUT2D eigenvalue weighted by Gasteiger charge is -1.99. The summed E-state index contributed by atoms with van der Waals surface area (Å²) in [5.41, 5.74) is 1.52. The third kappa shape index (κ3) is 15.3. The number of rotatable bonds is 4. The van der Waals surface area contributed by atoms with Gasteiger partial charge in [0.25, 0.3) is 0 Å². The summed E-state index contributed by atoms with van der Waals surface area (Å²) in [6.07, 6.45) is 3.01. The molecular formula is C17H21NO3. The summed E-state index contributed by atoms with van der Waals surface area (Å²) in [6.45, 7) is 11.6. The fourth-order valence-electron chi connectivity index (χ4n) is 0.851. The zero-order chi connectivity index (χ0) is 16.5. The summed E-state index contributed by atoms with van der Waals surface area (Å²) in [6, 6.07) is 11.7. The molecule has 1 N–H and O–H groups in total. The molecule has 0 radical (unpaired) electrons. The van der Waals surface area contributed by atoms with Crippen molar-refractivity contribution < 1.29 is 14.6 Å². The lowest BCUT2D eigenvalue weighted by Crippen LogP contribution is -2.08. The number of aliphatic hydroxyl groups is 1. The van der Waals surface area contributed by atoms with E-state index >= 15 is 0 Å². The van der Waals surface area contributed by atoms with E-state index in [4.69, 9.17) is 10.4 Å². The molecule has 0 unspecified atom stereocenters. The van der Waals surface area contributed by atoms with Crippen LogP contribution >= 0.6 is 0 Å². The molecule has 0 aliphatic heterocycles. The highest BCUT2D eigenvalue weighted by Gasteiger charge is 1.99. The second kappa shape index (κ2) is 15.4. The van der Waals surface area contributed by atoms with E-state index in [1.165, 1.54) is 11.6 Å². The molecule has 1 aromatic carbocycles. The zero-order valence-electron chi connectivity index (χ0n) is 12.3. The van der Waals surface area contributed by atoms with Gasteiger partial charge in [0.15, 0.2) is 0 Å². The largest absolute Gasteiger partial charge is 0.460 e. The van der Waals surface area contributed by atoms with Crippen molar-refractivity contribution in [3.63, 3.8) is 0 Å². The van der Waals surface area contributed by atoms with Crippen LogP contribution in [0.5, 0.6) is 0 Å². The number of ether oxygens (including phenoxy) is 1. The van der Waals surface area contributed by atoms with Gasteiger partial charge in [0, 0.05) is 11.6 Å². The van der Waals surface area contributed by atoms with Gasteiger partial charge in [0.05, 0.1) is 12.7 Å². The molecule has 0 saturated heterocycles. The third-order valence-corrected chi connectivity index (χ3v) is 1.80. The molecule has 0 bridgehead atoms. The number of allylic oxidation sites excluding steroid dienone is 1. The zero-order valence-corrected chi connectivity index (χ0v) is 12.3. The number of esters is 1. The van der Waals surface area contributed by atoms with Crippen LogP contribution in [0, 0.1) is 11.3 Å². The average Bonchev–Trinajstić information content (AvgIpc) is 2.54. The Morgan fingerprint density at radius 1 is 1.38 bits per heavy atom. The fraction of sp³-hybridized carbons (Fsp3) is 0.176. The monoisotopic (exact) mass is 287 g/mol. The quantitative estimate of drug-likeness (QED) is 0.524. The van der Waals surface area contributed by atoms with Crippen LogP contribution in [0.4, 0.5) is 0 Å². The Labute approximate surface area is 126 Å². The Morgan fingerprint density at radius 3 is 2.19 bits per heavy atom. The molecule has 4 heteroatoms. The van der Waals surface area contributed by atoms with Crippen molar-refractivity contribution >= 4 is 12.0 Å². The number of hydrogen-bond donors (Lipinski definition) is 1. The van der Waals surface area contributed by atoms with E-state index in [0.717, 1.165) is 0 Å². The van der Waals surface area contributed by atoms with E-state index in [2.05, 4.69) is 24.5 Å². The van der Waals surface area contributed by atoms with Gasteiger partial charge in [-0.1, -0.05) is 56.1 Å². The molecule has 0 aliphatic rings. The van der Waals surface area contributed by atoms with E-state index in [9.17, 15) is 4.79 Å². The summed E-state index contributed by atoms with van der Waals surface area (Å²) in [7, 11) is 0. The van der Waals surface area contributed by atoms with Crippen LogP contribution in [0.2, 0.25) is 0 Å². The first-order valence-electron chi connectivity index (χ1n) is 6.14. The number of carbonyl (C=O) groups excluding carboxylic acids is 1. The summed E-state index contributed by atoms with van der Waals surface area (Å²) in [4.78, 5) is 10.5. The van der Waals surface area contributed by atoms with E-state index in [1.54, 1.807) is 13.0 Å². The summed E-state index contributed by atoms with van der Waals surface area (Å²) < 4.78 is 4.46. The van der Waals surface area contributed by atoms with Gasteiger partial charge < -0.3 is 9.84 Å². The minimum absolute atomic E-state index is 0.0473. The van der Waals surface area contributed by atoms with Crippen molar-refractivity contribution in [2.24, 2.45) is 0 Å². The Bertz CT molecular complexity index is 473. The maximum Gasteiger partial charge on any atom is 0.333 e. The predicted octanol–water partition coefficient (Wildman–Crippen LogP) is 3.12. The molecule has 0 aliphatic carbocycles. The van der Waals surface area contributed by atoms with Crippen molar-refractivity contribution in [2.45, 2.75) is 6.92 Å². The van der Waals surface area contributed by atoms with E-state index in [-0.39, 0.29) is 13.2 Å². The van der Waals surface area contributed by atoms with Crippen LogP contribution in [0.1, 0.15) is 12.5 Å². The molecule has 4 nitrogen and oxygen atoms in total. The van der Waals surface area contributed by atoms with E-state index < -0.39 is 5.97 Å². The molecule has 1 aromatic rings. The molecule has 0 aromatic heterocycles. The predicted molar refractivity (Wildman–Crippen MR) is 85.2 cm³/mol. The first kappa shape index (κ1) is 20.7. The van der Waals surface area contributed by atoms with Crippen molar-refractivity contribution in [3.05, 3.63) is 67.3 Å². The lowest BCUT2D eigenvalue weighted by atomic mass is 10.2. The summed E-state index contributed by atoms with van der Waals surface area (Å²) in [5.74, 6) is -0.455. The molecule has 0 spiro atoms. The van der Waals surface area contributed by atoms with Crippen LogP contribution in [-0.4, -0.2) is 24.3 Å². The molecule has 0 saturated carbocycles. The summed E-state index contributed by atoms with van der Waals surface area (Å²) >= 11 is 0. The second-order valence-electron chi connectivity index (χ2n) is 3.59. The minimum atomic E-state index is -0.455.